The fourth-order valence-electron chi connectivity index (χ4n) is 3.49. The van der Waals surface area contributed by atoms with Gasteiger partial charge >= 0.3 is 11.8 Å². The summed E-state index contributed by atoms with van der Waals surface area (Å²) in [5, 5.41) is 5.11. The van der Waals surface area contributed by atoms with Crippen molar-refractivity contribution in [3.63, 3.8) is 0 Å². The Morgan fingerprint density at radius 2 is 1.73 bits per heavy atom. The number of benzene rings is 1. The second kappa shape index (κ2) is 10.3. The van der Waals surface area contributed by atoms with Crippen molar-refractivity contribution in [2.45, 2.75) is 43.2 Å². The van der Waals surface area contributed by atoms with Crippen molar-refractivity contribution in [1.82, 2.24) is 19.9 Å². The molecular formula is C21H26N4O4S. The van der Waals surface area contributed by atoms with Gasteiger partial charge in [-0.25, -0.2) is 8.42 Å². The maximum Gasteiger partial charge on any atom is 0.309 e. The van der Waals surface area contributed by atoms with Gasteiger partial charge in [-0.15, -0.1) is 0 Å². The molecule has 1 atom stereocenters. The SMILES string of the molecule is O=C(NCC[C@H]1CCCCN1S(=O)(=O)c1ccccc1)C(=O)NCc1ccccn1. The van der Waals surface area contributed by atoms with Gasteiger partial charge in [-0.05, 0) is 43.5 Å². The van der Waals surface area contributed by atoms with Gasteiger partial charge in [-0.1, -0.05) is 30.7 Å². The zero-order valence-electron chi connectivity index (χ0n) is 16.7. The summed E-state index contributed by atoms with van der Waals surface area (Å²) < 4.78 is 27.5. The summed E-state index contributed by atoms with van der Waals surface area (Å²) in [6.07, 6.45) is 4.54. The fraction of sp³-hybridized carbons (Fsp3) is 0.381. The molecule has 0 saturated carbocycles. The molecule has 1 aliphatic rings. The number of nitrogens with zero attached hydrogens (tertiary/aromatic N) is 2. The molecule has 1 aliphatic heterocycles. The van der Waals surface area contributed by atoms with E-state index in [1.807, 2.05) is 0 Å². The largest absolute Gasteiger partial charge is 0.348 e. The first-order valence-corrected chi connectivity index (χ1v) is 11.5. The molecule has 8 nitrogen and oxygen atoms in total. The van der Waals surface area contributed by atoms with Crippen molar-refractivity contribution < 1.29 is 18.0 Å². The van der Waals surface area contributed by atoms with E-state index in [2.05, 4.69) is 15.6 Å². The minimum Gasteiger partial charge on any atom is -0.348 e. The first-order valence-electron chi connectivity index (χ1n) is 10.0. The van der Waals surface area contributed by atoms with Crippen molar-refractivity contribution in [3.05, 3.63) is 60.4 Å². The van der Waals surface area contributed by atoms with Crippen molar-refractivity contribution in [2.24, 2.45) is 0 Å². The normalized spacial score (nSPS) is 17.3. The van der Waals surface area contributed by atoms with Crippen LogP contribution < -0.4 is 10.6 Å². The van der Waals surface area contributed by atoms with Crippen LogP contribution >= 0.6 is 0 Å². The molecule has 0 spiro atoms. The summed E-state index contributed by atoms with van der Waals surface area (Å²) in [5.74, 6) is -1.47. The zero-order valence-corrected chi connectivity index (χ0v) is 17.5. The van der Waals surface area contributed by atoms with Gasteiger partial charge in [0.15, 0.2) is 0 Å². The first kappa shape index (κ1) is 21.9. The number of hydrogen-bond acceptors (Lipinski definition) is 5. The zero-order chi connectivity index (χ0) is 21.4. The summed E-state index contributed by atoms with van der Waals surface area (Å²) in [6, 6.07) is 13.5. The number of amides is 2. The average Bonchev–Trinajstić information content (AvgIpc) is 2.79. The predicted octanol–water partition coefficient (Wildman–Crippen LogP) is 1.45. The number of carbonyl (C=O) groups is 2. The lowest BCUT2D eigenvalue weighted by atomic mass is 10.0. The third kappa shape index (κ3) is 5.64. The van der Waals surface area contributed by atoms with E-state index in [9.17, 15) is 18.0 Å². The van der Waals surface area contributed by atoms with Crippen LogP contribution in [0.25, 0.3) is 0 Å². The highest BCUT2D eigenvalue weighted by Gasteiger charge is 2.33. The summed E-state index contributed by atoms with van der Waals surface area (Å²) in [6.45, 7) is 0.848. The maximum atomic E-state index is 13.0. The van der Waals surface area contributed by atoms with Crippen molar-refractivity contribution in [1.29, 1.82) is 0 Å². The minimum absolute atomic E-state index is 0.165. The van der Waals surface area contributed by atoms with E-state index in [1.165, 1.54) is 4.31 Å². The van der Waals surface area contributed by atoms with Crippen LogP contribution in [-0.4, -0.2) is 48.7 Å². The molecule has 30 heavy (non-hydrogen) atoms. The second-order valence-corrected chi connectivity index (χ2v) is 9.02. The monoisotopic (exact) mass is 430 g/mol. The molecule has 2 amide bonds. The van der Waals surface area contributed by atoms with Crippen LogP contribution in [0.4, 0.5) is 0 Å². The van der Waals surface area contributed by atoms with Crippen molar-refractivity contribution in [3.8, 4) is 0 Å². The van der Waals surface area contributed by atoms with Gasteiger partial charge in [0.05, 0.1) is 17.1 Å². The van der Waals surface area contributed by atoms with E-state index in [4.69, 9.17) is 0 Å². The van der Waals surface area contributed by atoms with Crippen LogP contribution in [0.1, 0.15) is 31.4 Å². The molecule has 9 heteroatoms. The van der Waals surface area contributed by atoms with Gasteiger partial charge in [0, 0.05) is 25.3 Å². The third-order valence-corrected chi connectivity index (χ3v) is 7.01. The second-order valence-electron chi connectivity index (χ2n) is 7.13. The standard InChI is InChI=1S/C21H26N4O4S/c26-20(21(27)24-16-17-8-4-6-13-22-17)23-14-12-18-9-5-7-15-25(18)30(28,29)19-10-2-1-3-11-19/h1-4,6,8,10-11,13,18H,5,7,9,12,14-16H2,(H,23,26)(H,24,27)/t18-/m1/s1. The van der Waals surface area contributed by atoms with Crippen LogP contribution in [0.2, 0.25) is 0 Å². The Labute approximate surface area is 176 Å². The Balaban J connectivity index is 1.51. The van der Waals surface area contributed by atoms with Gasteiger partial charge < -0.3 is 10.6 Å². The highest BCUT2D eigenvalue weighted by molar-refractivity contribution is 7.89. The number of nitrogens with one attached hydrogen (secondary N) is 2. The van der Waals surface area contributed by atoms with Crippen LogP contribution in [0.5, 0.6) is 0 Å². The summed E-state index contributed by atoms with van der Waals surface area (Å²) in [4.78, 5) is 28.3. The molecule has 2 heterocycles. The van der Waals surface area contributed by atoms with Crippen molar-refractivity contribution >= 4 is 21.8 Å². The first-order chi connectivity index (χ1) is 14.5. The molecule has 0 radical (unpaired) electrons. The smallest absolute Gasteiger partial charge is 0.309 e. The highest BCUT2D eigenvalue weighted by atomic mass is 32.2. The molecule has 2 N–H and O–H groups in total. The molecule has 1 fully saturated rings. The molecule has 0 aliphatic carbocycles. The van der Waals surface area contributed by atoms with Crippen LogP contribution in [0.15, 0.2) is 59.6 Å². The van der Waals surface area contributed by atoms with Gasteiger partial charge in [0.2, 0.25) is 10.0 Å². The molecule has 1 saturated heterocycles. The van der Waals surface area contributed by atoms with E-state index in [0.29, 0.717) is 18.7 Å². The van der Waals surface area contributed by atoms with Crippen LogP contribution in [-0.2, 0) is 26.2 Å². The molecule has 2 aromatic rings. The lowest BCUT2D eigenvalue weighted by Crippen LogP contribution is -2.46. The number of carbonyl (C=O) groups excluding carboxylic acids is 2. The Morgan fingerprint density at radius 3 is 2.47 bits per heavy atom. The van der Waals surface area contributed by atoms with Gasteiger partial charge in [0.25, 0.3) is 0 Å². The van der Waals surface area contributed by atoms with E-state index in [0.717, 1.165) is 19.3 Å². The molecule has 3 rings (SSSR count). The molecule has 0 bridgehead atoms. The van der Waals surface area contributed by atoms with E-state index >= 15 is 0 Å². The lowest BCUT2D eigenvalue weighted by Gasteiger charge is -2.34. The quantitative estimate of drug-likeness (QED) is 0.647. The van der Waals surface area contributed by atoms with E-state index in [-0.39, 0.29) is 24.0 Å². The number of pyridine rings is 1. The lowest BCUT2D eigenvalue weighted by molar-refractivity contribution is -0.139. The van der Waals surface area contributed by atoms with Gasteiger partial charge in [-0.3, -0.25) is 14.6 Å². The Kier molecular flexibility index (Phi) is 7.53. The van der Waals surface area contributed by atoms with Crippen LogP contribution in [0.3, 0.4) is 0 Å². The molecule has 160 valence electrons. The average molecular weight is 431 g/mol. The van der Waals surface area contributed by atoms with Crippen molar-refractivity contribution in [2.75, 3.05) is 13.1 Å². The molecule has 1 aromatic heterocycles. The van der Waals surface area contributed by atoms with E-state index in [1.54, 1.807) is 54.7 Å². The fourth-order valence-corrected chi connectivity index (χ4v) is 5.24. The highest BCUT2D eigenvalue weighted by Crippen LogP contribution is 2.26. The maximum absolute atomic E-state index is 13.0. The summed E-state index contributed by atoms with van der Waals surface area (Å²) >= 11 is 0. The number of piperidine rings is 1. The summed E-state index contributed by atoms with van der Waals surface area (Å²) in [7, 11) is -3.58. The number of rotatable bonds is 7. The van der Waals surface area contributed by atoms with Gasteiger partial charge in [0.1, 0.15) is 0 Å². The minimum atomic E-state index is -3.58. The van der Waals surface area contributed by atoms with Gasteiger partial charge in [-0.2, -0.15) is 4.31 Å². The number of hydrogen-bond donors (Lipinski definition) is 2. The molecule has 0 unspecified atom stereocenters. The number of aromatic nitrogens is 1. The number of sulfonamides is 1. The molecule has 1 aromatic carbocycles. The predicted molar refractivity (Wildman–Crippen MR) is 112 cm³/mol. The Morgan fingerprint density at radius 1 is 1.00 bits per heavy atom. The molecular weight excluding hydrogens is 404 g/mol. The Bertz CT molecular complexity index is 951. The topological polar surface area (TPSA) is 108 Å². The Hall–Kier alpha value is -2.78. The van der Waals surface area contributed by atoms with Crippen LogP contribution in [0, 0.1) is 0 Å². The summed E-state index contributed by atoms with van der Waals surface area (Å²) in [5.41, 5.74) is 0.655. The van der Waals surface area contributed by atoms with E-state index < -0.39 is 21.8 Å². The third-order valence-electron chi connectivity index (χ3n) is 5.05.